The van der Waals surface area contributed by atoms with Crippen LogP contribution in [0.15, 0.2) is 11.4 Å². The fraction of sp³-hybridized carbons (Fsp3) is 0.333. The number of rotatable bonds is 3. The molecule has 0 saturated heterocycles. The van der Waals surface area contributed by atoms with Gasteiger partial charge in [-0.1, -0.05) is 11.3 Å². The Hall–Kier alpha value is -0.980. The van der Waals surface area contributed by atoms with Crippen molar-refractivity contribution in [1.82, 2.24) is 0 Å². The quantitative estimate of drug-likeness (QED) is 0.535. The fourth-order valence-electron chi connectivity index (χ4n) is 0.765. The van der Waals surface area contributed by atoms with E-state index in [0.29, 0.717) is 6.54 Å². The Morgan fingerprint density at radius 3 is 2.83 bits per heavy atom. The van der Waals surface area contributed by atoms with Gasteiger partial charge >= 0.3 is 5.00 Å². The van der Waals surface area contributed by atoms with Crippen LogP contribution in [-0.4, -0.2) is 11.5 Å². The van der Waals surface area contributed by atoms with Crippen LogP contribution in [0.3, 0.4) is 0 Å². The van der Waals surface area contributed by atoms with Gasteiger partial charge in [0.1, 0.15) is 0 Å². The molecule has 0 aliphatic rings. The summed E-state index contributed by atoms with van der Waals surface area (Å²) in [6, 6.07) is 1.16. The minimum atomic E-state index is -0.433. The second-order valence-electron chi connectivity index (χ2n) is 2.32. The molecule has 6 heteroatoms. The predicted octanol–water partition coefficient (Wildman–Crippen LogP) is 0.615. The van der Waals surface area contributed by atoms with Gasteiger partial charge in [0.05, 0.1) is 4.92 Å². The molecule has 0 aliphatic heterocycles. The molecule has 0 unspecified atom stereocenters. The average molecular weight is 187 g/mol. The molecular weight excluding hydrogens is 178 g/mol. The molecule has 0 aromatic carbocycles. The zero-order valence-corrected chi connectivity index (χ0v) is 7.08. The molecule has 4 N–H and O–H groups in total. The number of nitrogens with zero attached hydrogens (tertiary/aromatic N) is 1. The number of nitro groups is 1. The molecule has 1 heterocycles. The van der Waals surface area contributed by atoms with Gasteiger partial charge in [-0.25, -0.2) is 0 Å². The van der Waals surface area contributed by atoms with Gasteiger partial charge in [0, 0.05) is 24.0 Å². The summed E-state index contributed by atoms with van der Waals surface area (Å²) < 4.78 is 0. The van der Waals surface area contributed by atoms with E-state index in [9.17, 15) is 10.1 Å². The summed E-state index contributed by atoms with van der Waals surface area (Å²) in [4.78, 5) is 9.84. The summed E-state index contributed by atoms with van der Waals surface area (Å²) in [5.74, 6) is 0. The van der Waals surface area contributed by atoms with E-state index in [0.717, 1.165) is 16.9 Å². The monoisotopic (exact) mass is 187 g/mol. The van der Waals surface area contributed by atoms with E-state index in [1.165, 1.54) is 6.07 Å². The molecule has 0 bridgehead atoms. The molecular formula is C6H9N3O2S. The normalized spacial score (nSPS) is 12.8. The van der Waals surface area contributed by atoms with Gasteiger partial charge in [-0.2, -0.15) is 0 Å². The molecule has 1 aromatic heterocycles. The van der Waals surface area contributed by atoms with Gasteiger partial charge in [-0.05, 0) is 5.56 Å². The van der Waals surface area contributed by atoms with Crippen molar-refractivity contribution in [2.24, 2.45) is 11.5 Å². The Morgan fingerprint density at radius 2 is 2.42 bits per heavy atom. The summed E-state index contributed by atoms with van der Waals surface area (Å²) in [6.45, 7) is 0.299. The summed E-state index contributed by atoms with van der Waals surface area (Å²) in [5, 5.41) is 12.0. The number of hydrogen-bond donors (Lipinski definition) is 2. The molecule has 0 fully saturated rings. The third kappa shape index (κ3) is 1.79. The Kier molecular flexibility index (Phi) is 2.74. The van der Waals surface area contributed by atoms with Gasteiger partial charge < -0.3 is 11.5 Å². The molecule has 5 nitrogen and oxygen atoms in total. The highest BCUT2D eigenvalue weighted by Crippen LogP contribution is 2.25. The van der Waals surface area contributed by atoms with Gasteiger partial charge in [-0.3, -0.25) is 10.1 Å². The molecule has 0 spiro atoms. The molecule has 1 atom stereocenters. The predicted molar refractivity (Wildman–Crippen MR) is 47.0 cm³/mol. The molecule has 0 aliphatic carbocycles. The van der Waals surface area contributed by atoms with Crippen molar-refractivity contribution >= 4 is 16.3 Å². The van der Waals surface area contributed by atoms with Gasteiger partial charge in [0.15, 0.2) is 0 Å². The van der Waals surface area contributed by atoms with E-state index >= 15 is 0 Å². The minimum Gasteiger partial charge on any atom is -0.329 e. The van der Waals surface area contributed by atoms with E-state index in [1.54, 1.807) is 5.38 Å². The van der Waals surface area contributed by atoms with Gasteiger partial charge in [0.2, 0.25) is 0 Å². The maximum Gasteiger partial charge on any atom is 0.324 e. The van der Waals surface area contributed by atoms with Crippen molar-refractivity contribution in [3.63, 3.8) is 0 Å². The molecule has 12 heavy (non-hydrogen) atoms. The minimum absolute atomic E-state index is 0.105. The smallest absolute Gasteiger partial charge is 0.324 e. The van der Waals surface area contributed by atoms with Crippen LogP contribution in [-0.2, 0) is 0 Å². The molecule has 66 valence electrons. The van der Waals surface area contributed by atoms with Crippen molar-refractivity contribution in [3.8, 4) is 0 Å². The third-order valence-electron chi connectivity index (χ3n) is 1.47. The van der Waals surface area contributed by atoms with Crippen molar-refractivity contribution < 1.29 is 4.92 Å². The lowest BCUT2D eigenvalue weighted by atomic mass is 10.2. The first kappa shape index (κ1) is 9.11. The van der Waals surface area contributed by atoms with E-state index in [1.807, 2.05) is 0 Å². The standard InChI is InChI=1S/C6H9N3O2S/c7-2-5(8)4-1-6(9(10)11)12-3-4/h1,3,5H,2,7-8H2/t5-/m1/s1. The Morgan fingerprint density at radius 1 is 1.75 bits per heavy atom. The number of nitrogens with two attached hydrogens (primary N) is 2. The van der Waals surface area contributed by atoms with Crippen molar-refractivity contribution in [1.29, 1.82) is 0 Å². The Bertz CT molecular complexity index is 286. The van der Waals surface area contributed by atoms with Crippen LogP contribution in [0.4, 0.5) is 5.00 Å². The third-order valence-corrected chi connectivity index (χ3v) is 2.37. The lowest BCUT2D eigenvalue weighted by molar-refractivity contribution is -0.380. The molecule has 1 aromatic rings. The second-order valence-corrected chi connectivity index (χ2v) is 3.21. The summed E-state index contributed by atoms with van der Waals surface area (Å²) in [6.07, 6.45) is 0. The highest BCUT2D eigenvalue weighted by molar-refractivity contribution is 7.13. The summed E-state index contributed by atoms with van der Waals surface area (Å²) >= 11 is 1.07. The van der Waals surface area contributed by atoms with Gasteiger partial charge in [0.25, 0.3) is 0 Å². The number of hydrogen-bond acceptors (Lipinski definition) is 5. The zero-order valence-electron chi connectivity index (χ0n) is 6.27. The van der Waals surface area contributed by atoms with Crippen LogP contribution in [0.5, 0.6) is 0 Å². The van der Waals surface area contributed by atoms with Crippen LogP contribution in [0.2, 0.25) is 0 Å². The first-order chi connectivity index (χ1) is 5.65. The second kappa shape index (κ2) is 3.61. The zero-order chi connectivity index (χ0) is 9.14. The largest absolute Gasteiger partial charge is 0.329 e. The maximum atomic E-state index is 10.3. The van der Waals surface area contributed by atoms with Crippen molar-refractivity contribution in [2.75, 3.05) is 6.54 Å². The van der Waals surface area contributed by atoms with E-state index in [-0.39, 0.29) is 11.0 Å². The highest BCUT2D eigenvalue weighted by atomic mass is 32.1. The van der Waals surface area contributed by atoms with Gasteiger partial charge in [-0.15, -0.1) is 0 Å². The molecule has 0 amide bonds. The van der Waals surface area contributed by atoms with Crippen molar-refractivity contribution in [3.05, 3.63) is 27.1 Å². The van der Waals surface area contributed by atoms with Crippen LogP contribution >= 0.6 is 11.3 Å². The SMILES string of the molecule is NC[C@@H](N)c1csc([N+](=O)[O-])c1. The van der Waals surface area contributed by atoms with Crippen LogP contribution in [0, 0.1) is 10.1 Å². The highest BCUT2D eigenvalue weighted by Gasteiger charge is 2.12. The fourth-order valence-corrected chi connectivity index (χ4v) is 1.56. The maximum absolute atomic E-state index is 10.3. The van der Waals surface area contributed by atoms with Crippen molar-refractivity contribution in [2.45, 2.75) is 6.04 Å². The molecule has 0 saturated carbocycles. The number of thiophene rings is 1. The first-order valence-corrected chi connectivity index (χ1v) is 4.21. The van der Waals surface area contributed by atoms with E-state index in [2.05, 4.69) is 0 Å². The molecule has 0 radical (unpaired) electrons. The van der Waals surface area contributed by atoms with Crippen LogP contribution < -0.4 is 11.5 Å². The lowest BCUT2D eigenvalue weighted by Gasteiger charge is -2.02. The average Bonchev–Trinajstić information content (AvgIpc) is 2.51. The Balaban J connectivity index is 2.84. The topological polar surface area (TPSA) is 95.2 Å². The van der Waals surface area contributed by atoms with E-state index in [4.69, 9.17) is 11.5 Å². The van der Waals surface area contributed by atoms with Crippen LogP contribution in [0.25, 0.3) is 0 Å². The Labute approximate surface area is 73.1 Å². The summed E-state index contributed by atoms with van der Waals surface area (Å²) in [5.41, 5.74) is 11.6. The molecule has 1 rings (SSSR count). The lowest BCUT2D eigenvalue weighted by Crippen LogP contribution is -2.19. The summed E-state index contributed by atoms with van der Waals surface area (Å²) in [7, 11) is 0. The first-order valence-electron chi connectivity index (χ1n) is 3.33. The van der Waals surface area contributed by atoms with E-state index < -0.39 is 4.92 Å². The van der Waals surface area contributed by atoms with Crippen LogP contribution in [0.1, 0.15) is 11.6 Å².